The molecule has 0 spiro atoms. The Bertz CT molecular complexity index is 487. The average molecular weight is 398 g/mol. The first kappa shape index (κ1) is 23.8. The number of Topliss-reactive ketones (excluding diaryl/α,β-unsaturated/α-hetero) is 1. The zero-order valence-corrected chi connectivity index (χ0v) is 17.7. The lowest BCUT2D eigenvalue weighted by molar-refractivity contribution is -0.143. The molecule has 1 aliphatic rings. The third kappa shape index (κ3) is 10.6. The zero-order valence-electron chi connectivity index (χ0n) is 16.8. The number of hydrogen-bond acceptors (Lipinski definition) is 6. The summed E-state index contributed by atoms with van der Waals surface area (Å²) in [5.41, 5.74) is 0. The molecule has 0 aromatic heterocycles. The minimum atomic E-state index is -0.178. The number of ketones is 1. The minimum absolute atomic E-state index is 0.0991. The summed E-state index contributed by atoms with van der Waals surface area (Å²) < 4.78 is 10.4. The molecular formula is C21H35NO4S. The molecule has 0 aromatic carbocycles. The van der Waals surface area contributed by atoms with E-state index < -0.39 is 0 Å². The molecule has 6 heteroatoms. The van der Waals surface area contributed by atoms with Gasteiger partial charge in [0.1, 0.15) is 5.78 Å². The average Bonchev–Trinajstić information content (AvgIpc) is 2.67. The highest BCUT2D eigenvalue weighted by atomic mass is 32.1. The lowest BCUT2D eigenvalue weighted by atomic mass is 9.85. The summed E-state index contributed by atoms with van der Waals surface area (Å²) in [6.07, 6.45) is 11.9. The molecule has 0 amide bonds. The van der Waals surface area contributed by atoms with Gasteiger partial charge in [-0.2, -0.15) is 0 Å². The highest BCUT2D eigenvalue weighted by Gasteiger charge is 2.21. The summed E-state index contributed by atoms with van der Waals surface area (Å²) in [4.78, 5) is 23.7. The van der Waals surface area contributed by atoms with Gasteiger partial charge in [-0.3, -0.25) is 9.59 Å². The van der Waals surface area contributed by atoms with Gasteiger partial charge in [0.2, 0.25) is 0 Å². The van der Waals surface area contributed by atoms with Gasteiger partial charge in [-0.1, -0.05) is 31.4 Å². The molecule has 1 N–H and O–H groups in total. The number of carbonyl (C=O) groups is 2. The number of hydrogen-bond donors (Lipinski definition) is 1. The minimum Gasteiger partial charge on any atom is -0.486 e. The number of rotatable bonds is 13. The van der Waals surface area contributed by atoms with E-state index in [-0.39, 0.29) is 17.9 Å². The number of ether oxygens (including phenoxy) is 2. The van der Waals surface area contributed by atoms with Crippen molar-refractivity contribution in [3.8, 4) is 0 Å². The van der Waals surface area contributed by atoms with Crippen LogP contribution < -0.4 is 5.32 Å². The first-order valence-corrected chi connectivity index (χ1v) is 10.7. The molecule has 1 atom stereocenters. The van der Waals surface area contributed by atoms with Gasteiger partial charge < -0.3 is 14.8 Å². The van der Waals surface area contributed by atoms with E-state index in [4.69, 9.17) is 21.7 Å². The predicted molar refractivity (Wildman–Crippen MR) is 112 cm³/mol. The van der Waals surface area contributed by atoms with Crippen LogP contribution in [0.3, 0.4) is 0 Å². The van der Waals surface area contributed by atoms with Crippen LogP contribution in [-0.4, -0.2) is 42.6 Å². The zero-order chi connectivity index (χ0) is 19.9. The summed E-state index contributed by atoms with van der Waals surface area (Å²) in [6.45, 7) is 5.27. The fourth-order valence-electron chi connectivity index (χ4n) is 3.29. The van der Waals surface area contributed by atoms with Crippen LogP contribution in [0.15, 0.2) is 12.2 Å². The number of allylic oxidation sites excluding steroid dienone is 1. The second-order valence-electron chi connectivity index (χ2n) is 6.86. The van der Waals surface area contributed by atoms with Crippen LogP contribution in [0.2, 0.25) is 0 Å². The van der Waals surface area contributed by atoms with E-state index in [1.165, 1.54) is 19.3 Å². The Labute approximate surface area is 169 Å². The molecule has 1 rings (SSSR count). The summed E-state index contributed by atoms with van der Waals surface area (Å²) in [6, 6.07) is -0.0991. The maximum atomic E-state index is 12.3. The van der Waals surface area contributed by atoms with Crippen molar-refractivity contribution in [3.05, 3.63) is 12.2 Å². The standard InChI is InChI=1S/C21H35NO4S/c1-3-25-20(24)14-10-6-9-13-18(21(27)26-4-2)22-16-15-19(23)17-11-7-5-8-12-17/h6,9,17-18,22H,3-5,7-8,10-16H2,1-2H3/b9-6+. The number of carbonyl (C=O) groups excluding carboxylic acids is 2. The molecule has 0 radical (unpaired) electrons. The molecule has 0 heterocycles. The van der Waals surface area contributed by atoms with Gasteiger partial charge in [0.15, 0.2) is 5.05 Å². The highest BCUT2D eigenvalue weighted by Crippen LogP contribution is 2.25. The highest BCUT2D eigenvalue weighted by molar-refractivity contribution is 7.80. The molecule has 154 valence electrons. The summed E-state index contributed by atoms with van der Waals surface area (Å²) in [5, 5.41) is 3.89. The molecule has 0 aliphatic heterocycles. The van der Waals surface area contributed by atoms with Gasteiger partial charge in [0.25, 0.3) is 0 Å². The van der Waals surface area contributed by atoms with Gasteiger partial charge in [-0.25, -0.2) is 0 Å². The Balaban J connectivity index is 2.36. The van der Waals surface area contributed by atoms with E-state index in [9.17, 15) is 9.59 Å². The van der Waals surface area contributed by atoms with Crippen LogP contribution in [-0.2, 0) is 19.1 Å². The van der Waals surface area contributed by atoms with Crippen molar-refractivity contribution in [1.29, 1.82) is 0 Å². The lowest BCUT2D eigenvalue weighted by Crippen LogP contribution is -2.38. The first-order valence-electron chi connectivity index (χ1n) is 10.3. The maximum absolute atomic E-state index is 12.3. The van der Waals surface area contributed by atoms with Crippen molar-refractivity contribution in [3.63, 3.8) is 0 Å². The maximum Gasteiger partial charge on any atom is 0.306 e. The van der Waals surface area contributed by atoms with Crippen molar-refractivity contribution in [2.45, 2.75) is 77.7 Å². The second kappa shape index (κ2) is 14.7. The Kier molecular flexibility index (Phi) is 13.0. The van der Waals surface area contributed by atoms with E-state index in [0.717, 1.165) is 12.8 Å². The van der Waals surface area contributed by atoms with Crippen molar-refractivity contribution >= 4 is 29.0 Å². The monoisotopic (exact) mass is 397 g/mol. The third-order valence-electron chi connectivity index (χ3n) is 4.75. The summed E-state index contributed by atoms with van der Waals surface area (Å²) >= 11 is 5.36. The Morgan fingerprint density at radius 2 is 1.78 bits per heavy atom. The molecular weight excluding hydrogens is 362 g/mol. The van der Waals surface area contributed by atoms with Crippen molar-refractivity contribution in [2.75, 3.05) is 19.8 Å². The van der Waals surface area contributed by atoms with Crippen LogP contribution >= 0.6 is 12.2 Å². The molecule has 0 bridgehead atoms. The van der Waals surface area contributed by atoms with Gasteiger partial charge in [-0.05, 0) is 51.7 Å². The fraction of sp³-hybridized carbons (Fsp3) is 0.762. The van der Waals surface area contributed by atoms with E-state index in [1.54, 1.807) is 6.92 Å². The van der Waals surface area contributed by atoms with Crippen molar-refractivity contribution in [1.82, 2.24) is 5.32 Å². The largest absolute Gasteiger partial charge is 0.486 e. The Hall–Kier alpha value is -1.27. The molecule has 27 heavy (non-hydrogen) atoms. The molecule has 1 fully saturated rings. The molecule has 5 nitrogen and oxygen atoms in total. The normalized spacial score (nSPS) is 16.2. The Morgan fingerprint density at radius 1 is 1.07 bits per heavy atom. The van der Waals surface area contributed by atoms with Gasteiger partial charge >= 0.3 is 5.97 Å². The van der Waals surface area contributed by atoms with E-state index in [1.807, 2.05) is 19.1 Å². The summed E-state index contributed by atoms with van der Waals surface area (Å²) in [5.74, 6) is 0.441. The first-order chi connectivity index (χ1) is 13.1. The smallest absolute Gasteiger partial charge is 0.306 e. The molecule has 0 saturated heterocycles. The Morgan fingerprint density at radius 3 is 2.44 bits per heavy atom. The van der Waals surface area contributed by atoms with Crippen LogP contribution in [0.1, 0.15) is 71.6 Å². The molecule has 1 aliphatic carbocycles. The quantitative estimate of drug-likeness (QED) is 0.286. The molecule has 0 aromatic rings. The molecule has 1 saturated carbocycles. The van der Waals surface area contributed by atoms with Gasteiger partial charge in [-0.15, -0.1) is 0 Å². The van der Waals surface area contributed by atoms with Crippen LogP contribution in [0.5, 0.6) is 0 Å². The molecule has 1 unspecified atom stereocenters. The summed E-state index contributed by atoms with van der Waals surface area (Å²) in [7, 11) is 0. The third-order valence-corrected chi connectivity index (χ3v) is 5.16. The van der Waals surface area contributed by atoms with Gasteiger partial charge in [0, 0.05) is 25.3 Å². The van der Waals surface area contributed by atoms with Crippen molar-refractivity contribution in [2.24, 2.45) is 5.92 Å². The van der Waals surface area contributed by atoms with Crippen molar-refractivity contribution < 1.29 is 19.1 Å². The van der Waals surface area contributed by atoms with Crippen LogP contribution in [0.4, 0.5) is 0 Å². The SMILES string of the molecule is CCOC(=O)CC/C=C/CC(NCCC(=O)C1CCCCC1)C(=S)OCC. The van der Waals surface area contributed by atoms with Crippen LogP contribution in [0.25, 0.3) is 0 Å². The number of thiocarbonyl (C=S) groups is 1. The number of nitrogens with one attached hydrogen (secondary N) is 1. The predicted octanol–water partition coefficient (Wildman–Crippen LogP) is 4.14. The topological polar surface area (TPSA) is 64.6 Å². The second-order valence-corrected chi connectivity index (χ2v) is 7.26. The van der Waals surface area contributed by atoms with E-state index >= 15 is 0 Å². The van der Waals surface area contributed by atoms with Gasteiger partial charge in [0.05, 0.1) is 19.3 Å². The number of esters is 1. The van der Waals surface area contributed by atoms with E-state index in [0.29, 0.717) is 56.3 Å². The lowest BCUT2D eigenvalue weighted by Gasteiger charge is -2.22. The fourth-order valence-corrected chi connectivity index (χ4v) is 3.59. The van der Waals surface area contributed by atoms with E-state index in [2.05, 4.69) is 5.32 Å². The van der Waals surface area contributed by atoms with Crippen LogP contribution in [0, 0.1) is 5.92 Å².